The first-order chi connectivity index (χ1) is 13.3. The highest BCUT2D eigenvalue weighted by Crippen LogP contribution is 2.28. The molecule has 3 nitrogen and oxygen atoms in total. The molecule has 1 fully saturated rings. The van der Waals surface area contributed by atoms with Gasteiger partial charge in [0.1, 0.15) is 5.75 Å². The second-order valence-corrected chi connectivity index (χ2v) is 7.16. The number of piperazine rings is 1. The summed E-state index contributed by atoms with van der Waals surface area (Å²) in [6, 6.07) is 29.4. The van der Waals surface area contributed by atoms with E-state index < -0.39 is 0 Å². The first-order valence-corrected chi connectivity index (χ1v) is 9.66. The lowest BCUT2D eigenvalue weighted by Gasteiger charge is -2.40. The van der Waals surface area contributed by atoms with Gasteiger partial charge in [0, 0.05) is 37.9 Å². The number of anilines is 1. The number of benzene rings is 3. The third-order valence-corrected chi connectivity index (χ3v) is 5.40. The van der Waals surface area contributed by atoms with Crippen molar-refractivity contribution >= 4 is 39.7 Å². The molecule has 0 spiro atoms. The summed E-state index contributed by atoms with van der Waals surface area (Å²) in [5.41, 5.74) is 3.82. The average Bonchev–Trinajstić information content (AvgIpc) is 2.74. The number of hydrogen-bond donors (Lipinski definition) is 1. The Labute approximate surface area is 194 Å². The zero-order chi connectivity index (χ0) is 18.5. The predicted octanol–water partition coefficient (Wildman–Crippen LogP) is 5.65. The van der Waals surface area contributed by atoms with Gasteiger partial charge in [0.2, 0.25) is 0 Å². The Hall–Kier alpha value is -1.82. The molecule has 1 unspecified atom stereocenters. The highest BCUT2D eigenvalue weighted by molar-refractivity contribution is 8.93. The van der Waals surface area contributed by atoms with E-state index >= 15 is 0 Å². The van der Waals surface area contributed by atoms with Gasteiger partial charge in [-0.25, -0.2) is 0 Å². The summed E-state index contributed by atoms with van der Waals surface area (Å²) in [4.78, 5) is 5.05. The van der Waals surface area contributed by atoms with Crippen molar-refractivity contribution in [2.75, 3.05) is 31.1 Å². The highest BCUT2D eigenvalue weighted by atomic mass is 79.9. The quantitative estimate of drug-likeness (QED) is 0.471. The van der Waals surface area contributed by atoms with Crippen LogP contribution in [0.1, 0.15) is 17.2 Å². The molecule has 1 aliphatic heterocycles. The number of halogens is 2. The molecule has 3 aromatic rings. The summed E-state index contributed by atoms with van der Waals surface area (Å²) in [7, 11) is 0. The molecule has 1 N–H and O–H groups in total. The van der Waals surface area contributed by atoms with Crippen molar-refractivity contribution in [1.82, 2.24) is 4.90 Å². The SMILES string of the molecule is Br.Br.Oc1cccc(CC(c2ccccc2)N2CCN(c3ccccc3)CC2)c1. The number of hydrogen-bond acceptors (Lipinski definition) is 3. The van der Waals surface area contributed by atoms with Crippen molar-refractivity contribution in [2.45, 2.75) is 12.5 Å². The number of aromatic hydroxyl groups is 1. The van der Waals surface area contributed by atoms with E-state index in [1.165, 1.54) is 16.8 Å². The van der Waals surface area contributed by atoms with E-state index in [0.717, 1.165) is 32.6 Å². The molecular formula is C24H28Br2N2O. The lowest BCUT2D eigenvalue weighted by atomic mass is 9.96. The number of rotatable bonds is 5. The fourth-order valence-corrected chi connectivity index (χ4v) is 3.97. The van der Waals surface area contributed by atoms with Gasteiger partial charge in [-0.05, 0) is 41.8 Å². The van der Waals surface area contributed by atoms with Crippen LogP contribution in [0.25, 0.3) is 0 Å². The van der Waals surface area contributed by atoms with Crippen molar-refractivity contribution in [3.63, 3.8) is 0 Å². The first-order valence-electron chi connectivity index (χ1n) is 9.66. The van der Waals surface area contributed by atoms with Gasteiger partial charge in [0.15, 0.2) is 0 Å². The van der Waals surface area contributed by atoms with E-state index in [1.807, 2.05) is 12.1 Å². The Bertz CT molecular complexity index is 853. The van der Waals surface area contributed by atoms with Gasteiger partial charge in [0.05, 0.1) is 0 Å². The van der Waals surface area contributed by atoms with E-state index in [2.05, 4.69) is 76.5 Å². The summed E-state index contributed by atoms with van der Waals surface area (Å²) in [5.74, 6) is 0.341. The van der Waals surface area contributed by atoms with E-state index in [0.29, 0.717) is 11.8 Å². The minimum Gasteiger partial charge on any atom is -0.508 e. The van der Waals surface area contributed by atoms with Crippen LogP contribution in [0.2, 0.25) is 0 Å². The van der Waals surface area contributed by atoms with Crippen molar-refractivity contribution in [2.24, 2.45) is 0 Å². The second kappa shape index (κ2) is 11.4. The van der Waals surface area contributed by atoms with Crippen LogP contribution >= 0.6 is 34.0 Å². The summed E-state index contributed by atoms with van der Waals surface area (Å²) in [6.45, 7) is 4.14. The Morgan fingerprint density at radius 2 is 1.34 bits per heavy atom. The van der Waals surface area contributed by atoms with Gasteiger partial charge < -0.3 is 10.0 Å². The minimum atomic E-state index is 0. The maximum absolute atomic E-state index is 9.85. The lowest BCUT2D eigenvalue weighted by Crippen LogP contribution is -2.48. The van der Waals surface area contributed by atoms with Crippen LogP contribution in [-0.2, 0) is 6.42 Å². The molecule has 0 aromatic heterocycles. The molecule has 29 heavy (non-hydrogen) atoms. The van der Waals surface area contributed by atoms with Crippen LogP contribution in [0.5, 0.6) is 5.75 Å². The fraction of sp³-hybridized carbons (Fsp3) is 0.250. The molecule has 3 aromatic carbocycles. The van der Waals surface area contributed by atoms with Crippen LogP contribution in [0.4, 0.5) is 5.69 Å². The van der Waals surface area contributed by atoms with Gasteiger partial charge >= 0.3 is 0 Å². The molecule has 1 saturated heterocycles. The van der Waals surface area contributed by atoms with Crippen molar-refractivity contribution in [3.8, 4) is 5.75 Å². The zero-order valence-corrected chi connectivity index (χ0v) is 19.8. The van der Waals surface area contributed by atoms with Gasteiger partial charge in [-0.3, -0.25) is 4.90 Å². The maximum Gasteiger partial charge on any atom is 0.115 e. The molecule has 0 aliphatic carbocycles. The molecule has 4 rings (SSSR count). The summed E-state index contributed by atoms with van der Waals surface area (Å²) in [5, 5.41) is 9.85. The number of phenols is 1. The molecule has 154 valence electrons. The third-order valence-electron chi connectivity index (χ3n) is 5.40. The van der Waals surface area contributed by atoms with Crippen LogP contribution in [0, 0.1) is 0 Å². The van der Waals surface area contributed by atoms with E-state index in [9.17, 15) is 5.11 Å². The second-order valence-electron chi connectivity index (χ2n) is 7.16. The molecule has 0 saturated carbocycles. The first kappa shape index (κ1) is 23.5. The van der Waals surface area contributed by atoms with Crippen LogP contribution < -0.4 is 4.90 Å². The molecule has 1 atom stereocenters. The van der Waals surface area contributed by atoms with E-state index in [1.54, 1.807) is 6.07 Å². The monoisotopic (exact) mass is 518 g/mol. The van der Waals surface area contributed by atoms with Crippen molar-refractivity contribution in [3.05, 3.63) is 96.1 Å². The van der Waals surface area contributed by atoms with Gasteiger partial charge in [0.25, 0.3) is 0 Å². The van der Waals surface area contributed by atoms with Gasteiger partial charge in [-0.15, -0.1) is 34.0 Å². The number of para-hydroxylation sites is 1. The van der Waals surface area contributed by atoms with Crippen molar-refractivity contribution in [1.29, 1.82) is 0 Å². The smallest absolute Gasteiger partial charge is 0.115 e. The molecule has 0 bridgehead atoms. The topological polar surface area (TPSA) is 26.7 Å². The Morgan fingerprint density at radius 1 is 0.724 bits per heavy atom. The standard InChI is InChI=1S/C24H26N2O.2BrH/c27-23-13-7-8-20(18-23)19-24(21-9-3-1-4-10-21)26-16-14-25(15-17-26)22-11-5-2-6-12-22;;/h1-13,18,24,27H,14-17,19H2;2*1H. The van der Waals surface area contributed by atoms with Crippen LogP contribution in [0.3, 0.4) is 0 Å². The fourth-order valence-electron chi connectivity index (χ4n) is 3.97. The van der Waals surface area contributed by atoms with E-state index in [4.69, 9.17) is 0 Å². The molecule has 1 aliphatic rings. The molecular weight excluding hydrogens is 492 g/mol. The summed E-state index contributed by atoms with van der Waals surface area (Å²) < 4.78 is 0. The Balaban J connectivity index is 0.00000150. The van der Waals surface area contributed by atoms with Crippen LogP contribution in [-0.4, -0.2) is 36.2 Å². The van der Waals surface area contributed by atoms with Crippen LogP contribution in [0.15, 0.2) is 84.9 Å². The average molecular weight is 520 g/mol. The largest absolute Gasteiger partial charge is 0.508 e. The van der Waals surface area contributed by atoms with E-state index in [-0.39, 0.29) is 34.0 Å². The Morgan fingerprint density at radius 3 is 1.97 bits per heavy atom. The highest BCUT2D eigenvalue weighted by Gasteiger charge is 2.25. The van der Waals surface area contributed by atoms with Gasteiger partial charge in [-0.1, -0.05) is 60.7 Å². The molecule has 5 heteroatoms. The predicted molar refractivity (Wildman–Crippen MR) is 132 cm³/mol. The van der Waals surface area contributed by atoms with Crippen molar-refractivity contribution < 1.29 is 5.11 Å². The number of phenolic OH excluding ortho intramolecular Hbond substituents is 1. The maximum atomic E-state index is 9.85. The lowest BCUT2D eigenvalue weighted by molar-refractivity contribution is 0.184. The van der Waals surface area contributed by atoms with Gasteiger partial charge in [-0.2, -0.15) is 0 Å². The minimum absolute atomic E-state index is 0. The normalized spacial score (nSPS) is 15.1. The summed E-state index contributed by atoms with van der Waals surface area (Å²) in [6.07, 6.45) is 0.906. The number of nitrogens with zero attached hydrogens (tertiary/aromatic N) is 2. The summed E-state index contributed by atoms with van der Waals surface area (Å²) >= 11 is 0. The zero-order valence-electron chi connectivity index (χ0n) is 16.4. The molecule has 0 radical (unpaired) electrons. The Kier molecular flexibility index (Phi) is 9.21. The third kappa shape index (κ3) is 6.08. The molecule has 1 heterocycles. The molecule has 0 amide bonds.